The molecule has 1 aliphatic rings. The van der Waals surface area contributed by atoms with E-state index < -0.39 is 10.0 Å². The molecule has 18 heavy (non-hydrogen) atoms. The van der Waals surface area contributed by atoms with Crippen molar-refractivity contribution in [1.82, 2.24) is 4.72 Å². The van der Waals surface area contributed by atoms with E-state index in [9.17, 15) is 8.42 Å². The molecule has 1 saturated carbocycles. The molecule has 0 saturated heterocycles. The van der Waals surface area contributed by atoms with Gasteiger partial charge in [0.2, 0.25) is 10.0 Å². The molecule has 102 valence electrons. The number of hydrogen-bond acceptors (Lipinski definition) is 4. The number of nitrogens with one attached hydrogen (secondary N) is 1. The molecule has 1 atom stereocenters. The van der Waals surface area contributed by atoms with E-state index in [1.54, 1.807) is 6.07 Å². The van der Waals surface area contributed by atoms with Gasteiger partial charge in [-0.15, -0.1) is 11.3 Å². The van der Waals surface area contributed by atoms with Gasteiger partial charge in [0, 0.05) is 22.8 Å². The van der Waals surface area contributed by atoms with Crippen molar-refractivity contribution < 1.29 is 8.42 Å². The maximum Gasteiger partial charge on any atom is 0.241 e. The van der Waals surface area contributed by atoms with Crippen molar-refractivity contribution in [2.24, 2.45) is 17.1 Å². The highest BCUT2D eigenvalue weighted by molar-refractivity contribution is 7.89. The summed E-state index contributed by atoms with van der Waals surface area (Å²) in [4.78, 5) is 2.09. The molecule has 1 aromatic heterocycles. The van der Waals surface area contributed by atoms with Crippen molar-refractivity contribution in [3.63, 3.8) is 0 Å². The summed E-state index contributed by atoms with van der Waals surface area (Å²) in [6.45, 7) is 7.06. The maximum absolute atomic E-state index is 12.2. The summed E-state index contributed by atoms with van der Waals surface area (Å²) < 4.78 is 27.1. The van der Waals surface area contributed by atoms with Gasteiger partial charge in [0.25, 0.3) is 0 Å². The van der Waals surface area contributed by atoms with Crippen LogP contribution in [-0.4, -0.2) is 15.0 Å². The van der Waals surface area contributed by atoms with Crippen LogP contribution in [0.5, 0.6) is 0 Å². The van der Waals surface area contributed by atoms with Gasteiger partial charge >= 0.3 is 0 Å². The van der Waals surface area contributed by atoms with E-state index >= 15 is 0 Å². The average molecular weight is 288 g/mol. The van der Waals surface area contributed by atoms with E-state index in [1.165, 1.54) is 11.3 Å². The minimum atomic E-state index is -3.38. The average Bonchev–Trinajstić information content (AvgIpc) is 2.70. The topological polar surface area (TPSA) is 72.2 Å². The molecule has 0 aromatic carbocycles. The highest BCUT2D eigenvalue weighted by Gasteiger charge is 2.45. The summed E-state index contributed by atoms with van der Waals surface area (Å²) in [6, 6.07) is 1.68. The number of rotatable bonds is 5. The summed E-state index contributed by atoms with van der Waals surface area (Å²) in [5, 5.41) is 0. The zero-order chi connectivity index (χ0) is 13.6. The van der Waals surface area contributed by atoms with E-state index in [-0.39, 0.29) is 5.41 Å². The second-order valence-electron chi connectivity index (χ2n) is 5.58. The van der Waals surface area contributed by atoms with Gasteiger partial charge in [0.1, 0.15) is 0 Å². The van der Waals surface area contributed by atoms with Crippen molar-refractivity contribution in [2.75, 3.05) is 6.54 Å². The van der Waals surface area contributed by atoms with Crippen LogP contribution in [0.4, 0.5) is 0 Å². The Morgan fingerprint density at radius 2 is 2.17 bits per heavy atom. The molecule has 1 aliphatic carbocycles. The number of sulfonamides is 1. The highest BCUT2D eigenvalue weighted by Crippen LogP contribution is 2.51. The van der Waals surface area contributed by atoms with Gasteiger partial charge in [-0.1, -0.05) is 13.8 Å². The minimum absolute atomic E-state index is 0.286. The van der Waals surface area contributed by atoms with Gasteiger partial charge in [-0.2, -0.15) is 0 Å². The fourth-order valence-electron chi connectivity index (χ4n) is 2.10. The Morgan fingerprint density at radius 3 is 2.61 bits per heavy atom. The third kappa shape index (κ3) is 2.77. The molecule has 0 spiro atoms. The first kappa shape index (κ1) is 14.0. The molecule has 1 fully saturated rings. The first-order valence-corrected chi connectivity index (χ1v) is 8.35. The Labute approximate surface area is 113 Å². The predicted molar refractivity (Wildman–Crippen MR) is 74.0 cm³/mol. The van der Waals surface area contributed by atoms with Gasteiger partial charge in [-0.05, 0) is 30.7 Å². The Kier molecular flexibility index (Phi) is 3.57. The lowest BCUT2D eigenvalue weighted by molar-refractivity contribution is 0.537. The number of nitrogens with two attached hydrogens (primary N) is 1. The standard InChI is InChI=1S/C12H20N2O2S2/c1-8-11(4-10(6-13)17-8)18(15,16)14-7-9-5-12(9,2)3/h4,9,14H,5-7,13H2,1-3H3. The smallest absolute Gasteiger partial charge is 0.241 e. The Morgan fingerprint density at radius 1 is 1.56 bits per heavy atom. The number of thiophene rings is 1. The molecule has 0 bridgehead atoms. The molecular formula is C12H20N2O2S2. The number of hydrogen-bond donors (Lipinski definition) is 2. The zero-order valence-electron chi connectivity index (χ0n) is 11.0. The van der Waals surface area contributed by atoms with Crippen LogP contribution in [-0.2, 0) is 16.6 Å². The zero-order valence-corrected chi connectivity index (χ0v) is 12.6. The van der Waals surface area contributed by atoms with Crippen LogP contribution in [0.2, 0.25) is 0 Å². The van der Waals surface area contributed by atoms with Gasteiger partial charge in [0.15, 0.2) is 0 Å². The molecular weight excluding hydrogens is 268 g/mol. The van der Waals surface area contributed by atoms with Crippen LogP contribution >= 0.6 is 11.3 Å². The summed E-state index contributed by atoms with van der Waals surface area (Å²) in [7, 11) is -3.38. The fraction of sp³-hybridized carbons (Fsp3) is 0.667. The monoisotopic (exact) mass is 288 g/mol. The molecule has 0 aliphatic heterocycles. The molecule has 2 rings (SSSR count). The van der Waals surface area contributed by atoms with E-state index in [2.05, 4.69) is 18.6 Å². The van der Waals surface area contributed by atoms with Crippen molar-refractivity contribution in [1.29, 1.82) is 0 Å². The SMILES string of the molecule is Cc1sc(CN)cc1S(=O)(=O)NCC1CC1(C)C. The van der Waals surface area contributed by atoms with E-state index in [0.29, 0.717) is 23.9 Å². The normalized spacial score (nSPS) is 22.1. The van der Waals surface area contributed by atoms with Crippen molar-refractivity contribution in [3.8, 4) is 0 Å². The molecule has 1 heterocycles. The summed E-state index contributed by atoms with van der Waals surface area (Å²) in [6.07, 6.45) is 1.09. The molecule has 0 amide bonds. The van der Waals surface area contributed by atoms with E-state index in [1.807, 2.05) is 6.92 Å². The molecule has 0 radical (unpaired) electrons. The Balaban J connectivity index is 2.08. The van der Waals surface area contributed by atoms with Crippen LogP contribution in [0.1, 0.15) is 30.0 Å². The van der Waals surface area contributed by atoms with Gasteiger partial charge in [-0.3, -0.25) is 0 Å². The summed E-state index contributed by atoms with van der Waals surface area (Å²) in [5.41, 5.74) is 5.82. The van der Waals surface area contributed by atoms with Crippen LogP contribution in [0.3, 0.4) is 0 Å². The van der Waals surface area contributed by atoms with Crippen LogP contribution in [0, 0.1) is 18.3 Å². The molecule has 3 N–H and O–H groups in total. The van der Waals surface area contributed by atoms with Crippen LogP contribution < -0.4 is 10.5 Å². The number of aryl methyl sites for hydroxylation is 1. The van der Waals surface area contributed by atoms with Crippen LogP contribution in [0.15, 0.2) is 11.0 Å². The quantitative estimate of drug-likeness (QED) is 0.868. The molecule has 1 unspecified atom stereocenters. The Hall–Kier alpha value is -0.430. The van der Waals surface area contributed by atoms with E-state index in [4.69, 9.17) is 5.73 Å². The first-order valence-electron chi connectivity index (χ1n) is 6.05. The second kappa shape index (κ2) is 4.59. The molecule has 6 heteroatoms. The maximum atomic E-state index is 12.2. The predicted octanol–water partition coefficient (Wildman–Crippen LogP) is 1.84. The molecule has 4 nitrogen and oxygen atoms in total. The fourth-order valence-corrected chi connectivity index (χ4v) is 4.70. The van der Waals surface area contributed by atoms with Gasteiger partial charge < -0.3 is 5.73 Å². The lowest BCUT2D eigenvalue weighted by Gasteiger charge is -2.07. The van der Waals surface area contributed by atoms with Crippen molar-refractivity contribution in [2.45, 2.75) is 38.6 Å². The molecule has 1 aromatic rings. The largest absolute Gasteiger partial charge is 0.326 e. The van der Waals surface area contributed by atoms with Gasteiger partial charge in [0.05, 0.1) is 4.90 Å². The summed E-state index contributed by atoms with van der Waals surface area (Å²) >= 11 is 1.45. The van der Waals surface area contributed by atoms with Gasteiger partial charge in [-0.25, -0.2) is 13.1 Å². The van der Waals surface area contributed by atoms with Crippen LogP contribution in [0.25, 0.3) is 0 Å². The lowest BCUT2D eigenvalue weighted by Crippen LogP contribution is -2.27. The third-order valence-corrected chi connectivity index (χ3v) is 6.40. The second-order valence-corrected chi connectivity index (χ2v) is 8.66. The minimum Gasteiger partial charge on any atom is -0.326 e. The van der Waals surface area contributed by atoms with E-state index in [0.717, 1.165) is 16.2 Å². The lowest BCUT2D eigenvalue weighted by atomic mass is 10.1. The third-order valence-electron chi connectivity index (χ3n) is 3.65. The first-order chi connectivity index (χ1) is 8.26. The summed E-state index contributed by atoms with van der Waals surface area (Å²) in [5.74, 6) is 0.459. The highest BCUT2D eigenvalue weighted by atomic mass is 32.2. The van der Waals surface area contributed by atoms with Crippen molar-refractivity contribution >= 4 is 21.4 Å². The van der Waals surface area contributed by atoms with Crippen molar-refractivity contribution in [3.05, 3.63) is 15.8 Å². The Bertz CT molecular complexity index is 546.